The monoisotopic (exact) mass is 453 g/mol. The average molecular weight is 454 g/mol. The van der Waals surface area contributed by atoms with Crippen LogP contribution in [0.4, 0.5) is 0 Å². The Morgan fingerprint density at radius 2 is 1.76 bits per heavy atom. The van der Waals surface area contributed by atoms with Crippen LogP contribution >= 0.6 is 0 Å². The van der Waals surface area contributed by atoms with Crippen LogP contribution in [0.15, 0.2) is 36.7 Å². The highest BCUT2D eigenvalue weighted by molar-refractivity contribution is 5.76. The van der Waals surface area contributed by atoms with Crippen molar-refractivity contribution in [2.24, 2.45) is 0 Å². The maximum absolute atomic E-state index is 12.3. The largest absolute Gasteiger partial charge is 0.380 e. The van der Waals surface area contributed by atoms with E-state index in [9.17, 15) is 4.79 Å². The molecule has 0 spiro atoms. The van der Waals surface area contributed by atoms with Crippen molar-refractivity contribution in [2.45, 2.75) is 39.3 Å². The predicted molar refractivity (Wildman–Crippen MR) is 128 cm³/mol. The van der Waals surface area contributed by atoms with Crippen LogP contribution in [-0.4, -0.2) is 75.2 Å². The van der Waals surface area contributed by atoms with Gasteiger partial charge in [0, 0.05) is 76.6 Å². The first kappa shape index (κ1) is 23.8. The second kappa shape index (κ2) is 11.7. The molecule has 2 aromatic rings. The van der Waals surface area contributed by atoms with Gasteiger partial charge in [0.05, 0.1) is 6.61 Å². The van der Waals surface area contributed by atoms with Crippen LogP contribution in [0, 0.1) is 6.92 Å². The molecule has 4 heterocycles. The smallest absolute Gasteiger partial charge is 0.277 e. The lowest BCUT2D eigenvalue weighted by molar-refractivity contribution is -0.795. The molecule has 0 aliphatic carbocycles. The summed E-state index contributed by atoms with van der Waals surface area (Å²) < 4.78 is 10.3. The number of fused-ring (bicyclic) bond motifs is 3. The van der Waals surface area contributed by atoms with Gasteiger partial charge in [-0.2, -0.15) is 9.13 Å². The maximum Gasteiger partial charge on any atom is 0.277 e. The van der Waals surface area contributed by atoms with Crippen molar-refractivity contribution in [3.05, 3.63) is 47.8 Å². The quantitative estimate of drug-likeness (QED) is 0.430. The first-order valence-electron chi connectivity index (χ1n) is 12.4. The van der Waals surface area contributed by atoms with Crippen LogP contribution in [0.5, 0.6) is 0 Å². The van der Waals surface area contributed by atoms with Crippen molar-refractivity contribution in [1.82, 2.24) is 15.1 Å². The molecular formula is C26H39N5O2+2. The molecule has 2 aromatic heterocycles. The predicted octanol–water partition coefficient (Wildman–Crippen LogP) is 0.954. The third-order valence-corrected chi connectivity index (χ3v) is 6.70. The van der Waals surface area contributed by atoms with E-state index in [4.69, 9.17) is 4.74 Å². The summed E-state index contributed by atoms with van der Waals surface area (Å²) in [6.07, 6.45) is 6.63. The van der Waals surface area contributed by atoms with Crippen molar-refractivity contribution in [3.8, 4) is 11.4 Å². The van der Waals surface area contributed by atoms with Gasteiger partial charge in [-0.3, -0.25) is 4.79 Å². The Kier molecular flexibility index (Phi) is 8.42. The van der Waals surface area contributed by atoms with Crippen molar-refractivity contribution in [3.63, 3.8) is 0 Å². The van der Waals surface area contributed by atoms with E-state index >= 15 is 0 Å². The number of hydrogen-bond donors (Lipinski definition) is 1. The molecule has 2 aliphatic heterocycles. The number of hydrogen-bond acceptors (Lipinski definition) is 4. The normalized spacial score (nSPS) is 16.3. The molecule has 0 radical (unpaired) electrons. The zero-order chi connectivity index (χ0) is 23.0. The van der Waals surface area contributed by atoms with E-state index in [1.54, 1.807) is 0 Å². The highest BCUT2D eigenvalue weighted by atomic mass is 16.5. The number of nitrogens with zero attached hydrogens (tertiary/aromatic N) is 4. The Bertz CT molecular complexity index is 940. The van der Waals surface area contributed by atoms with Crippen LogP contribution in [0.1, 0.15) is 24.0 Å². The van der Waals surface area contributed by atoms with E-state index in [0.29, 0.717) is 19.6 Å². The van der Waals surface area contributed by atoms with Gasteiger partial charge in [0.1, 0.15) is 0 Å². The van der Waals surface area contributed by atoms with Gasteiger partial charge >= 0.3 is 0 Å². The molecule has 33 heavy (non-hydrogen) atoms. The van der Waals surface area contributed by atoms with Crippen molar-refractivity contribution < 1.29 is 18.7 Å². The average Bonchev–Trinajstić information content (AvgIpc) is 2.83. The number of carbonyl (C=O) groups is 1. The number of piperazine rings is 1. The first-order valence-corrected chi connectivity index (χ1v) is 12.4. The summed E-state index contributed by atoms with van der Waals surface area (Å²) in [4.78, 5) is 17.2. The summed E-state index contributed by atoms with van der Waals surface area (Å²) in [5, 5.41) is 2.99. The highest BCUT2D eigenvalue weighted by Crippen LogP contribution is 2.17. The molecule has 2 aliphatic rings. The van der Waals surface area contributed by atoms with Gasteiger partial charge in [0.2, 0.25) is 19.0 Å². The molecule has 4 rings (SSSR count). The number of ether oxygens (including phenoxy) is 1. The number of amides is 1. The van der Waals surface area contributed by atoms with E-state index in [-0.39, 0.29) is 5.91 Å². The lowest BCUT2D eigenvalue weighted by Gasteiger charge is -2.32. The minimum atomic E-state index is 0.0898. The number of aromatic nitrogens is 2. The summed E-state index contributed by atoms with van der Waals surface area (Å²) in [6, 6.07) is 8.78. The zero-order valence-corrected chi connectivity index (χ0v) is 20.3. The molecule has 0 aromatic carbocycles. The Labute approximate surface area is 198 Å². The Balaban J connectivity index is 1.13. The summed E-state index contributed by atoms with van der Waals surface area (Å²) in [5.74, 6) is 0.0898. The molecule has 1 amide bonds. The summed E-state index contributed by atoms with van der Waals surface area (Å²) >= 11 is 0. The van der Waals surface area contributed by atoms with Crippen LogP contribution in [0.2, 0.25) is 0 Å². The molecule has 1 saturated heterocycles. The van der Waals surface area contributed by atoms with Crippen molar-refractivity contribution in [2.75, 3.05) is 59.5 Å². The van der Waals surface area contributed by atoms with E-state index in [0.717, 1.165) is 65.3 Å². The third-order valence-electron chi connectivity index (χ3n) is 6.70. The van der Waals surface area contributed by atoms with E-state index < -0.39 is 0 Å². The fraction of sp³-hybridized carbons (Fsp3) is 0.577. The van der Waals surface area contributed by atoms with Crippen LogP contribution in [-0.2, 0) is 29.0 Å². The molecule has 0 atom stereocenters. The SMILES string of the molecule is Cc1cc[n+]2c(c1)-c1cc(CCC(=O)NCCOCCCN3CCN(C)CC3)cc[n+]1CC2. The lowest BCUT2D eigenvalue weighted by atomic mass is 10.1. The van der Waals surface area contributed by atoms with Gasteiger partial charge < -0.3 is 19.9 Å². The number of nitrogens with one attached hydrogen (secondary N) is 1. The summed E-state index contributed by atoms with van der Waals surface area (Å²) in [5.41, 5.74) is 4.94. The molecule has 178 valence electrons. The minimum Gasteiger partial charge on any atom is -0.380 e. The van der Waals surface area contributed by atoms with Gasteiger partial charge in [-0.1, -0.05) is 0 Å². The number of aryl methyl sites for hydroxylation is 4. The topological polar surface area (TPSA) is 52.6 Å². The fourth-order valence-corrected chi connectivity index (χ4v) is 4.58. The van der Waals surface area contributed by atoms with Gasteiger partial charge in [-0.05, 0) is 37.9 Å². The van der Waals surface area contributed by atoms with E-state index in [2.05, 4.69) is 74.9 Å². The number of pyridine rings is 2. The molecule has 0 unspecified atom stereocenters. The van der Waals surface area contributed by atoms with Gasteiger partial charge in [-0.25, -0.2) is 0 Å². The third kappa shape index (κ3) is 6.82. The molecule has 0 bridgehead atoms. The minimum absolute atomic E-state index is 0.0898. The standard InChI is InChI=1S/C26H38N5O2/c1-22-6-10-30-16-17-31-11-7-23(21-25(31)24(30)20-22)4-5-26(32)27-8-19-33-18-3-9-29-14-12-28(2)13-15-29/h6-7,10-11,20-21H,3-5,8-9,12-19H2,1-2H3/q+1/p+1. The van der Waals surface area contributed by atoms with Crippen molar-refractivity contribution >= 4 is 5.91 Å². The number of carbonyl (C=O) groups excluding carboxylic acids is 1. The molecule has 0 saturated carbocycles. The fourth-order valence-electron chi connectivity index (χ4n) is 4.58. The first-order chi connectivity index (χ1) is 16.1. The van der Waals surface area contributed by atoms with Gasteiger partial charge in [0.15, 0.2) is 12.4 Å². The molecule has 1 fully saturated rings. The van der Waals surface area contributed by atoms with Crippen molar-refractivity contribution in [1.29, 1.82) is 0 Å². The van der Waals surface area contributed by atoms with Crippen LogP contribution in [0.3, 0.4) is 0 Å². The molecule has 7 nitrogen and oxygen atoms in total. The summed E-state index contributed by atoms with van der Waals surface area (Å²) in [7, 11) is 2.18. The van der Waals surface area contributed by atoms with Crippen LogP contribution < -0.4 is 14.5 Å². The highest BCUT2D eigenvalue weighted by Gasteiger charge is 2.29. The van der Waals surface area contributed by atoms with E-state index in [1.807, 2.05) is 0 Å². The molecular weight excluding hydrogens is 414 g/mol. The second-order valence-electron chi connectivity index (χ2n) is 9.36. The Morgan fingerprint density at radius 1 is 1.03 bits per heavy atom. The van der Waals surface area contributed by atoms with Gasteiger partial charge in [0.25, 0.3) is 11.4 Å². The Morgan fingerprint density at radius 3 is 2.55 bits per heavy atom. The lowest BCUT2D eigenvalue weighted by Crippen LogP contribution is -2.53. The maximum atomic E-state index is 12.3. The number of rotatable bonds is 10. The molecule has 7 heteroatoms. The molecule has 1 N–H and O–H groups in total. The van der Waals surface area contributed by atoms with Gasteiger partial charge in [-0.15, -0.1) is 0 Å². The van der Waals surface area contributed by atoms with E-state index in [1.165, 1.54) is 22.5 Å². The Hall–Kier alpha value is -2.35. The number of likely N-dealkylation sites (N-methyl/N-ethyl adjacent to an activating group) is 1. The summed E-state index contributed by atoms with van der Waals surface area (Å²) in [6.45, 7) is 11.7. The van der Waals surface area contributed by atoms with Crippen LogP contribution in [0.25, 0.3) is 11.4 Å². The zero-order valence-electron chi connectivity index (χ0n) is 20.3. The second-order valence-corrected chi connectivity index (χ2v) is 9.36.